The second-order valence-electron chi connectivity index (χ2n) is 11.0. The lowest BCUT2D eigenvalue weighted by molar-refractivity contribution is -0.121. The summed E-state index contributed by atoms with van der Waals surface area (Å²) in [4.78, 5) is 45.8. The minimum Gasteiger partial charge on any atom is -0.497 e. The Morgan fingerprint density at radius 2 is 1.50 bits per heavy atom. The number of carbonyl (C=O) groups excluding carboxylic acids is 3. The summed E-state index contributed by atoms with van der Waals surface area (Å²) in [6, 6.07) is 25.5. The minimum atomic E-state index is -1.43. The predicted octanol–water partition coefficient (Wildman–Crippen LogP) is 6.08. The van der Waals surface area contributed by atoms with Gasteiger partial charge in [0.1, 0.15) is 23.0 Å². The van der Waals surface area contributed by atoms with Crippen molar-refractivity contribution in [2.24, 2.45) is 5.92 Å². The molecule has 1 spiro atoms. The summed E-state index contributed by atoms with van der Waals surface area (Å²) in [6.45, 7) is 1.98. The maximum atomic E-state index is 14.7. The zero-order valence-corrected chi connectivity index (χ0v) is 23.0. The number of hydrogen-bond acceptors (Lipinski definition) is 5. The third kappa shape index (κ3) is 3.52. The monoisotopic (exact) mass is 558 g/mol. The average molecular weight is 559 g/mol. The number of benzene rings is 4. The maximum Gasteiger partial charge on any atom is 0.238 e. The summed E-state index contributed by atoms with van der Waals surface area (Å²) in [6.07, 6.45) is 2.01. The number of Topliss-reactive ketones (excluding diaryl/α,β-unsaturated/α-hetero) is 2. The smallest absolute Gasteiger partial charge is 0.238 e. The van der Waals surface area contributed by atoms with Gasteiger partial charge in [0, 0.05) is 28.1 Å². The predicted molar refractivity (Wildman–Crippen MR) is 158 cm³/mol. The number of rotatable bonds is 5. The van der Waals surface area contributed by atoms with Gasteiger partial charge in [-0.3, -0.25) is 14.4 Å². The molecule has 0 saturated carbocycles. The van der Waals surface area contributed by atoms with Gasteiger partial charge in [-0.05, 0) is 78.7 Å². The van der Waals surface area contributed by atoms with E-state index in [1.807, 2.05) is 66.4 Å². The molecule has 0 radical (unpaired) electrons. The molecule has 4 aromatic rings. The zero-order chi connectivity index (χ0) is 29.2. The Bertz CT molecular complexity index is 1800. The molecule has 3 heterocycles. The fourth-order valence-electron chi connectivity index (χ4n) is 7.11. The van der Waals surface area contributed by atoms with Crippen LogP contribution in [0.25, 0.3) is 5.57 Å². The number of nitrogens with zero attached hydrogens (tertiary/aromatic N) is 1. The number of halogens is 1. The van der Waals surface area contributed by atoms with E-state index in [1.54, 1.807) is 31.4 Å². The number of para-hydroxylation sites is 2. The molecule has 208 valence electrons. The first-order valence-corrected chi connectivity index (χ1v) is 13.8. The summed E-state index contributed by atoms with van der Waals surface area (Å²) in [5.74, 6) is -2.04. The van der Waals surface area contributed by atoms with Gasteiger partial charge >= 0.3 is 0 Å². The van der Waals surface area contributed by atoms with Crippen molar-refractivity contribution in [1.29, 1.82) is 0 Å². The van der Waals surface area contributed by atoms with E-state index in [0.29, 0.717) is 22.6 Å². The van der Waals surface area contributed by atoms with Crippen LogP contribution in [-0.4, -0.2) is 36.7 Å². The first-order valence-electron chi connectivity index (χ1n) is 13.8. The van der Waals surface area contributed by atoms with Crippen LogP contribution in [0.4, 0.5) is 15.8 Å². The third-order valence-electron chi connectivity index (χ3n) is 8.94. The van der Waals surface area contributed by atoms with Crippen molar-refractivity contribution in [2.75, 3.05) is 17.3 Å². The van der Waals surface area contributed by atoms with Gasteiger partial charge in [0.2, 0.25) is 5.91 Å². The van der Waals surface area contributed by atoms with Crippen molar-refractivity contribution in [1.82, 2.24) is 0 Å². The normalized spacial score (nSPS) is 23.5. The number of allylic oxidation sites excluding steroid dienone is 1. The number of ether oxygens (including phenoxy) is 1. The van der Waals surface area contributed by atoms with Gasteiger partial charge in [-0.15, -0.1) is 0 Å². The molecule has 0 bridgehead atoms. The van der Waals surface area contributed by atoms with Crippen molar-refractivity contribution in [3.8, 4) is 5.75 Å². The van der Waals surface area contributed by atoms with Crippen molar-refractivity contribution in [3.63, 3.8) is 0 Å². The number of amides is 1. The third-order valence-corrected chi connectivity index (χ3v) is 8.94. The number of carbonyl (C=O) groups is 3. The van der Waals surface area contributed by atoms with Crippen LogP contribution in [0.1, 0.15) is 38.8 Å². The summed E-state index contributed by atoms with van der Waals surface area (Å²) < 4.78 is 19.3. The second-order valence-corrected chi connectivity index (χ2v) is 11.0. The Kier molecular flexibility index (Phi) is 5.87. The summed E-state index contributed by atoms with van der Waals surface area (Å²) >= 11 is 0. The van der Waals surface area contributed by atoms with Crippen molar-refractivity contribution >= 4 is 34.4 Å². The molecule has 1 saturated heterocycles. The van der Waals surface area contributed by atoms with Gasteiger partial charge in [0.05, 0.1) is 19.1 Å². The molecular weight excluding hydrogens is 531 g/mol. The van der Waals surface area contributed by atoms with Crippen LogP contribution in [0, 0.1) is 11.7 Å². The van der Waals surface area contributed by atoms with Crippen molar-refractivity contribution < 1.29 is 23.5 Å². The first kappa shape index (κ1) is 25.9. The number of methoxy groups -OCH3 is 1. The Morgan fingerprint density at radius 3 is 2.24 bits per heavy atom. The quantitative estimate of drug-likeness (QED) is 0.301. The molecule has 1 N–H and O–H groups in total. The van der Waals surface area contributed by atoms with E-state index in [0.717, 1.165) is 16.8 Å². The standard InChI is InChI=1S/C35H27FN2O4/c1-20-19-29-35(26-8-4-5-9-27(26)37-34(35)41)30(32(39)21-11-15-23(36)16-12-21)31(38(29)28-10-6-3-7-25(20)28)33(40)22-13-17-24(42-2)18-14-22/h3-19,29-31H,1-2H3,(H,37,41)/t29-,30+,31-,35-/m1/s1. The molecule has 4 aromatic carbocycles. The summed E-state index contributed by atoms with van der Waals surface area (Å²) in [7, 11) is 1.55. The van der Waals surface area contributed by atoms with E-state index in [-0.39, 0.29) is 17.3 Å². The van der Waals surface area contributed by atoms with Crippen LogP contribution in [0.15, 0.2) is 103 Å². The van der Waals surface area contributed by atoms with E-state index in [1.165, 1.54) is 24.3 Å². The molecular formula is C35H27FN2O4. The van der Waals surface area contributed by atoms with Gasteiger partial charge in [0.25, 0.3) is 0 Å². The SMILES string of the molecule is COc1ccc(C(=O)[C@H]2[C@@H](C(=O)c3ccc(F)cc3)[C@]3(C(=O)Nc4ccccc43)[C@H]3C=C(C)c4ccccc4N23)cc1. The number of hydrogen-bond donors (Lipinski definition) is 1. The number of nitrogens with one attached hydrogen (secondary N) is 1. The highest BCUT2D eigenvalue weighted by atomic mass is 19.1. The van der Waals surface area contributed by atoms with Crippen molar-refractivity contribution in [2.45, 2.75) is 24.4 Å². The Labute approximate surface area is 242 Å². The van der Waals surface area contributed by atoms with E-state index < -0.39 is 35.0 Å². The van der Waals surface area contributed by atoms with Gasteiger partial charge < -0.3 is 15.0 Å². The maximum absolute atomic E-state index is 14.7. The van der Waals surface area contributed by atoms with E-state index in [4.69, 9.17) is 4.74 Å². The van der Waals surface area contributed by atoms with Gasteiger partial charge in [-0.2, -0.15) is 0 Å². The van der Waals surface area contributed by atoms with Crippen LogP contribution in [-0.2, 0) is 10.2 Å². The molecule has 3 aliphatic heterocycles. The lowest BCUT2D eigenvalue weighted by Gasteiger charge is -2.39. The molecule has 0 aliphatic carbocycles. The van der Waals surface area contributed by atoms with Gasteiger partial charge in [-0.1, -0.05) is 42.5 Å². The summed E-state index contributed by atoms with van der Waals surface area (Å²) in [5, 5.41) is 3.03. The van der Waals surface area contributed by atoms with E-state index in [2.05, 4.69) is 5.32 Å². The second kappa shape index (κ2) is 9.52. The van der Waals surface area contributed by atoms with Gasteiger partial charge in [0.15, 0.2) is 11.6 Å². The molecule has 0 aromatic heterocycles. The van der Waals surface area contributed by atoms with Crippen LogP contribution in [0.3, 0.4) is 0 Å². The van der Waals surface area contributed by atoms with E-state index in [9.17, 15) is 18.8 Å². The van der Waals surface area contributed by atoms with Gasteiger partial charge in [-0.25, -0.2) is 4.39 Å². The van der Waals surface area contributed by atoms with Crippen LogP contribution in [0.2, 0.25) is 0 Å². The average Bonchev–Trinajstić information content (AvgIpc) is 3.49. The number of ketones is 2. The molecule has 3 aliphatic rings. The van der Waals surface area contributed by atoms with Crippen molar-refractivity contribution in [3.05, 3.63) is 131 Å². The number of anilines is 2. The van der Waals surface area contributed by atoms with E-state index >= 15 is 0 Å². The fraction of sp³-hybridized carbons (Fsp3) is 0.171. The first-order chi connectivity index (χ1) is 20.4. The molecule has 42 heavy (non-hydrogen) atoms. The van der Waals surface area contributed by atoms with Crippen LogP contribution in [0.5, 0.6) is 5.75 Å². The summed E-state index contributed by atoms with van der Waals surface area (Å²) in [5.41, 5.74) is 3.14. The molecule has 7 heteroatoms. The molecule has 7 rings (SSSR count). The lowest BCUT2D eigenvalue weighted by atomic mass is 9.64. The molecule has 6 nitrogen and oxygen atoms in total. The molecule has 4 atom stereocenters. The highest BCUT2D eigenvalue weighted by Crippen LogP contribution is 2.58. The molecule has 1 amide bonds. The minimum absolute atomic E-state index is 0.235. The van der Waals surface area contributed by atoms with Crippen LogP contribution < -0.4 is 15.0 Å². The van der Waals surface area contributed by atoms with Crippen LogP contribution >= 0.6 is 0 Å². The Balaban J connectivity index is 1.53. The Hall–Kier alpha value is -5.04. The molecule has 0 unspecified atom stereocenters. The highest BCUT2D eigenvalue weighted by Gasteiger charge is 2.70. The largest absolute Gasteiger partial charge is 0.497 e. The topological polar surface area (TPSA) is 75.7 Å². The molecule has 1 fully saturated rings. The lowest BCUT2D eigenvalue weighted by Crippen LogP contribution is -2.51. The fourth-order valence-corrected chi connectivity index (χ4v) is 7.11. The Morgan fingerprint density at radius 1 is 0.857 bits per heavy atom. The zero-order valence-electron chi connectivity index (χ0n) is 23.0. The number of fused-ring (bicyclic) bond motifs is 6. The highest BCUT2D eigenvalue weighted by molar-refractivity contribution is 6.18.